The molecule has 1 aliphatic rings. The van der Waals surface area contributed by atoms with E-state index in [4.69, 9.17) is 18.0 Å². The topological polar surface area (TPSA) is 84.2 Å². The van der Waals surface area contributed by atoms with E-state index in [0.29, 0.717) is 19.4 Å². The molecule has 0 heterocycles. The minimum absolute atomic E-state index is 0.193. The lowest BCUT2D eigenvalue weighted by Gasteiger charge is -2.27. The SMILES string of the molecule is CCNC(=O)C(C)NC(=O)C1(C(N)=S)CCCC1. The molecule has 2 amide bonds. The molecule has 6 heteroatoms. The highest BCUT2D eigenvalue weighted by molar-refractivity contribution is 7.80. The van der Waals surface area contributed by atoms with Crippen LogP contribution in [0.2, 0.25) is 0 Å². The third kappa shape index (κ3) is 2.98. The predicted octanol–water partition coefficient (Wildman–Crippen LogP) is 0.474. The van der Waals surface area contributed by atoms with Crippen molar-refractivity contribution in [1.29, 1.82) is 0 Å². The Morgan fingerprint density at radius 2 is 1.94 bits per heavy atom. The first-order valence-electron chi connectivity index (χ1n) is 6.32. The molecular formula is C12H21N3O2S. The largest absolute Gasteiger partial charge is 0.392 e. The summed E-state index contributed by atoms with van der Waals surface area (Å²) >= 11 is 5.03. The van der Waals surface area contributed by atoms with E-state index in [2.05, 4.69) is 10.6 Å². The fourth-order valence-corrected chi connectivity index (χ4v) is 2.59. The summed E-state index contributed by atoms with van der Waals surface area (Å²) in [4.78, 5) is 24.1. The second kappa shape index (κ2) is 6.13. The maximum Gasteiger partial charge on any atom is 0.242 e. The van der Waals surface area contributed by atoms with Crippen molar-refractivity contribution in [3.05, 3.63) is 0 Å². The molecule has 1 aliphatic carbocycles. The molecule has 0 aromatic rings. The predicted molar refractivity (Wildman–Crippen MR) is 74.0 cm³/mol. The van der Waals surface area contributed by atoms with E-state index >= 15 is 0 Å². The maximum atomic E-state index is 12.3. The Morgan fingerprint density at radius 3 is 2.39 bits per heavy atom. The summed E-state index contributed by atoms with van der Waals surface area (Å²) in [6.07, 6.45) is 3.24. The third-order valence-corrected chi connectivity index (χ3v) is 3.85. The Bertz CT molecular complexity index is 351. The molecule has 1 atom stereocenters. The number of likely N-dealkylation sites (N-methyl/N-ethyl adjacent to an activating group) is 1. The van der Waals surface area contributed by atoms with Crippen molar-refractivity contribution in [3.8, 4) is 0 Å². The summed E-state index contributed by atoms with van der Waals surface area (Å²) in [6.45, 7) is 4.03. The highest BCUT2D eigenvalue weighted by Gasteiger charge is 2.44. The number of nitrogens with one attached hydrogen (secondary N) is 2. The highest BCUT2D eigenvalue weighted by Crippen LogP contribution is 2.38. The van der Waals surface area contributed by atoms with Gasteiger partial charge in [0.1, 0.15) is 6.04 Å². The van der Waals surface area contributed by atoms with Crippen LogP contribution in [0.3, 0.4) is 0 Å². The lowest BCUT2D eigenvalue weighted by atomic mass is 9.85. The molecular weight excluding hydrogens is 250 g/mol. The number of hydrogen-bond donors (Lipinski definition) is 3. The first-order valence-corrected chi connectivity index (χ1v) is 6.73. The number of rotatable bonds is 5. The Kier molecular flexibility index (Phi) is 5.07. The van der Waals surface area contributed by atoms with Crippen molar-refractivity contribution >= 4 is 29.0 Å². The Balaban J connectivity index is 2.69. The Morgan fingerprint density at radius 1 is 1.39 bits per heavy atom. The first-order chi connectivity index (χ1) is 8.44. The summed E-state index contributed by atoms with van der Waals surface area (Å²) in [5.41, 5.74) is 4.96. The molecule has 5 nitrogen and oxygen atoms in total. The zero-order valence-corrected chi connectivity index (χ0v) is 11.7. The number of thiocarbonyl (C=S) groups is 1. The van der Waals surface area contributed by atoms with Gasteiger partial charge in [-0.25, -0.2) is 0 Å². The van der Waals surface area contributed by atoms with Crippen LogP contribution in [0.4, 0.5) is 0 Å². The fraction of sp³-hybridized carbons (Fsp3) is 0.750. The Labute approximate surface area is 113 Å². The van der Waals surface area contributed by atoms with Crippen molar-refractivity contribution in [2.45, 2.75) is 45.6 Å². The first kappa shape index (κ1) is 14.9. The number of nitrogens with two attached hydrogens (primary N) is 1. The molecule has 4 N–H and O–H groups in total. The van der Waals surface area contributed by atoms with Gasteiger partial charge in [-0.3, -0.25) is 9.59 Å². The third-order valence-electron chi connectivity index (χ3n) is 3.46. The van der Waals surface area contributed by atoms with Crippen LogP contribution in [0.15, 0.2) is 0 Å². The van der Waals surface area contributed by atoms with Gasteiger partial charge in [-0.05, 0) is 26.7 Å². The average Bonchev–Trinajstić information content (AvgIpc) is 2.79. The van der Waals surface area contributed by atoms with Crippen LogP contribution in [0.25, 0.3) is 0 Å². The van der Waals surface area contributed by atoms with Gasteiger partial charge in [-0.1, -0.05) is 25.1 Å². The van der Waals surface area contributed by atoms with Gasteiger partial charge in [0, 0.05) is 6.54 Å². The van der Waals surface area contributed by atoms with E-state index in [1.54, 1.807) is 6.92 Å². The molecule has 0 aliphatic heterocycles. The van der Waals surface area contributed by atoms with Gasteiger partial charge in [0.05, 0.1) is 10.4 Å². The van der Waals surface area contributed by atoms with Crippen LogP contribution in [-0.4, -0.2) is 29.4 Å². The summed E-state index contributed by atoms with van der Waals surface area (Å²) < 4.78 is 0. The number of carbonyl (C=O) groups excluding carboxylic acids is 2. The highest BCUT2D eigenvalue weighted by atomic mass is 32.1. The summed E-state index contributed by atoms with van der Waals surface area (Å²) in [5.74, 6) is -0.409. The van der Waals surface area contributed by atoms with Crippen LogP contribution in [0.5, 0.6) is 0 Å². The minimum atomic E-state index is -0.754. The summed E-state index contributed by atoms with van der Waals surface area (Å²) in [5, 5.41) is 5.38. The summed E-state index contributed by atoms with van der Waals surface area (Å²) in [6, 6.07) is -0.565. The molecule has 0 saturated heterocycles. The van der Waals surface area contributed by atoms with Gasteiger partial charge < -0.3 is 16.4 Å². The molecule has 0 radical (unpaired) electrons. The summed E-state index contributed by atoms with van der Waals surface area (Å²) in [7, 11) is 0. The second-order valence-corrected chi connectivity index (χ2v) is 5.18. The molecule has 0 aromatic heterocycles. The van der Waals surface area contributed by atoms with Gasteiger partial charge in [-0.2, -0.15) is 0 Å². The molecule has 1 unspecified atom stereocenters. The Hall–Kier alpha value is -1.17. The standard InChI is InChI=1S/C12H21N3O2S/c1-3-14-9(16)8(2)15-11(17)12(10(13)18)6-4-5-7-12/h8H,3-7H2,1-2H3,(H2,13,18)(H,14,16)(H,15,17). The van der Waals surface area contributed by atoms with Gasteiger partial charge in [0.2, 0.25) is 11.8 Å². The number of amides is 2. The quantitative estimate of drug-likeness (QED) is 0.635. The molecule has 18 heavy (non-hydrogen) atoms. The van der Waals surface area contributed by atoms with Crippen LogP contribution in [-0.2, 0) is 9.59 Å². The van der Waals surface area contributed by atoms with E-state index in [0.717, 1.165) is 12.8 Å². The van der Waals surface area contributed by atoms with Gasteiger partial charge >= 0.3 is 0 Å². The molecule has 1 fully saturated rings. The van der Waals surface area contributed by atoms with E-state index in [9.17, 15) is 9.59 Å². The van der Waals surface area contributed by atoms with E-state index in [1.807, 2.05) is 6.92 Å². The molecule has 1 saturated carbocycles. The molecule has 0 bridgehead atoms. The zero-order valence-electron chi connectivity index (χ0n) is 10.9. The second-order valence-electron chi connectivity index (χ2n) is 4.74. The molecule has 0 aromatic carbocycles. The van der Waals surface area contributed by atoms with Crippen molar-refractivity contribution in [2.75, 3.05) is 6.54 Å². The van der Waals surface area contributed by atoms with Crippen LogP contribution in [0.1, 0.15) is 39.5 Å². The van der Waals surface area contributed by atoms with E-state index < -0.39 is 11.5 Å². The van der Waals surface area contributed by atoms with Gasteiger partial charge in [0.25, 0.3) is 0 Å². The normalized spacial score (nSPS) is 19.0. The molecule has 1 rings (SSSR count). The lowest BCUT2D eigenvalue weighted by Crippen LogP contribution is -2.53. The van der Waals surface area contributed by atoms with Gasteiger partial charge in [0.15, 0.2) is 0 Å². The van der Waals surface area contributed by atoms with E-state index in [-0.39, 0.29) is 16.8 Å². The smallest absolute Gasteiger partial charge is 0.242 e. The van der Waals surface area contributed by atoms with Crippen molar-refractivity contribution in [3.63, 3.8) is 0 Å². The number of carbonyl (C=O) groups is 2. The number of hydrogen-bond acceptors (Lipinski definition) is 3. The van der Waals surface area contributed by atoms with Crippen molar-refractivity contribution in [2.24, 2.45) is 11.1 Å². The molecule has 0 spiro atoms. The van der Waals surface area contributed by atoms with Crippen LogP contribution >= 0.6 is 12.2 Å². The average molecular weight is 271 g/mol. The van der Waals surface area contributed by atoms with E-state index in [1.165, 1.54) is 0 Å². The lowest BCUT2D eigenvalue weighted by molar-refractivity contribution is -0.132. The van der Waals surface area contributed by atoms with Crippen molar-refractivity contribution < 1.29 is 9.59 Å². The fourth-order valence-electron chi connectivity index (χ4n) is 2.29. The van der Waals surface area contributed by atoms with Crippen LogP contribution < -0.4 is 16.4 Å². The maximum absolute atomic E-state index is 12.3. The van der Waals surface area contributed by atoms with Crippen molar-refractivity contribution in [1.82, 2.24) is 10.6 Å². The zero-order chi connectivity index (χ0) is 13.8. The monoisotopic (exact) mass is 271 g/mol. The minimum Gasteiger partial charge on any atom is -0.392 e. The van der Waals surface area contributed by atoms with Crippen LogP contribution in [0, 0.1) is 5.41 Å². The van der Waals surface area contributed by atoms with Gasteiger partial charge in [-0.15, -0.1) is 0 Å². The molecule has 102 valence electrons.